The molecule has 1 aromatic rings. The molecule has 0 unspecified atom stereocenters. The molecule has 0 saturated carbocycles. The van der Waals surface area contributed by atoms with Crippen LogP contribution in [0.25, 0.3) is 0 Å². The maximum absolute atomic E-state index is 13.7. The molecule has 1 rings (SSSR count). The normalized spacial score (nSPS) is 11.6. The van der Waals surface area contributed by atoms with Crippen LogP contribution >= 0.6 is 15.9 Å². The number of carbonyl (C=O) groups excluding carboxylic acids is 1. The number of nitrogens with one attached hydrogen (secondary N) is 1. The predicted molar refractivity (Wildman–Crippen MR) is 95.7 cm³/mol. The Morgan fingerprint density at radius 2 is 1.92 bits per heavy atom. The number of urea groups is 1. The fourth-order valence-corrected chi connectivity index (χ4v) is 3.97. The van der Waals surface area contributed by atoms with Crippen molar-refractivity contribution < 1.29 is 17.6 Å². The number of hydrogen-bond acceptors (Lipinski definition) is 3. The third-order valence-corrected chi connectivity index (χ3v) is 6.01. The SMILES string of the molecule is CCN(CC)S(=O)(=O)CCNC(=O)N(C)Cc1cc(Br)ccc1F. The molecule has 0 fully saturated rings. The van der Waals surface area contributed by atoms with Gasteiger partial charge in [-0.2, -0.15) is 0 Å². The highest BCUT2D eigenvalue weighted by molar-refractivity contribution is 9.10. The number of halogens is 2. The Labute approximate surface area is 151 Å². The Hall–Kier alpha value is -1.19. The van der Waals surface area contributed by atoms with E-state index < -0.39 is 21.9 Å². The highest BCUT2D eigenvalue weighted by Gasteiger charge is 2.19. The number of benzene rings is 1. The van der Waals surface area contributed by atoms with Gasteiger partial charge in [-0.25, -0.2) is 21.9 Å². The summed E-state index contributed by atoms with van der Waals surface area (Å²) in [5.74, 6) is -0.568. The van der Waals surface area contributed by atoms with Gasteiger partial charge in [0.05, 0.1) is 5.75 Å². The Kier molecular flexibility index (Phi) is 8.11. The van der Waals surface area contributed by atoms with Gasteiger partial charge in [-0.15, -0.1) is 0 Å². The summed E-state index contributed by atoms with van der Waals surface area (Å²) in [6, 6.07) is 4.05. The van der Waals surface area contributed by atoms with Crippen LogP contribution in [0.15, 0.2) is 22.7 Å². The van der Waals surface area contributed by atoms with Gasteiger partial charge in [-0.1, -0.05) is 29.8 Å². The first-order chi connectivity index (χ1) is 11.2. The minimum Gasteiger partial charge on any atom is -0.337 e. The first-order valence-corrected chi connectivity index (χ1v) is 10.0. The molecular weight excluding hydrogens is 401 g/mol. The van der Waals surface area contributed by atoms with E-state index in [1.165, 1.54) is 22.3 Å². The summed E-state index contributed by atoms with van der Waals surface area (Å²) < 4.78 is 39.8. The lowest BCUT2D eigenvalue weighted by atomic mass is 10.2. The summed E-state index contributed by atoms with van der Waals surface area (Å²) in [4.78, 5) is 13.3. The quantitative estimate of drug-likeness (QED) is 0.697. The van der Waals surface area contributed by atoms with Crippen LogP contribution in [0, 0.1) is 5.82 Å². The highest BCUT2D eigenvalue weighted by Crippen LogP contribution is 2.16. The van der Waals surface area contributed by atoms with Crippen LogP contribution in [0.3, 0.4) is 0 Å². The van der Waals surface area contributed by atoms with Gasteiger partial charge < -0.3 is 10.2 Å². The average molecular weight is 424 g/mol. The van der Waals surface area contributed by atoms with E-state index in [0.29, 0.717) is 18.7 Å². The summed E-state index contributed by atoms with van der Waals surface area (Å²) in [6.45, 7) is 4.41. The van der Waals surface area contributed by atoms with Crippen LogP contribution in [0.2, 0.25) is 0 Å². The molecule has 24 heavy (non-hydrogen) atoms. The van der Waals surface area contributed by atoms with E-state index >= 15 is 0 Å². The zero-order valence-electron chi connectivity index (χ0n) is 14.1. The van der Waals surface area contributed by atoms with E-state index in [1.807, 2.05) is 0 Å². The van der Waals surface area contributed by atoms with Gasteiger partial charge in [-0.05, 0) is 18.2 Å². The molecule has 0 aliphatic carbocycles. The van der Waals surface area contributed by atoms with E-state index in [1.54, 1.807) is 26.0 Å². The number of rotatable bonds is 8. The maximum Gasteiger partial charge on any atom is 0.317 e. The summed E-state index contributed by atoms with van der Waals surface area (Å²) in [5.41, 5.74) is 0.373. The van der Waals surface area contributed by atoms with E-state index in [-0.39, 0.29) is 18.8 Å². The Morgan fingerprint density at radius 3 is 2.50 bits per heavy atom. The third kappa shape index (κ3) is 6.03. The second kappa shape index (κ2) is 9.33. The van der Waals surface area contributed by atoms with Crippen molar-refractivity contribution in [2.45, 2.75) is 20.4 Å². The molecule has 0 radical (unpaired) electrons. The molecule has 0 spiro atoms. The average Bonchev–Trinajstić information content (AvgIpc) is 2.51. The second-order valence-electron chi connectivity index (χ2n) is 5.22. The van der Waals surface area contributed by atoms with Crippen LogP contribution in [-0.4, -0.2) is 56.1 Å². The zero-order chi connectivity index (χ0) is 18.3. The second-order valence-corrected chi connectivity index (χ2v) is 8.23. The fourth-order valence-electron chi connectivity index (χ4n) is 2.16. The molecule has 0 heterocycles. The lowest BCUT2D eigenvalue weighted by molar-refractivity contribution is 0.207. The van der Waals surface area contributed by atoms with Crippen LogP contribution in [-0.2, 0) is 16.6 Å². The van der Waals surface area contributed by atoms with E-state index in [0.717, 1.165) is 4.47 Å². The van der Waals surface area contributed by atoms with Crippen molar-refractivity contribution in [3.63, 3.8) is 0 Å². The molecule has 0 atom stereocenters. The Morgan fingerprint density at radius 1 is 1.29 bits per heavy atom. The van der Waals surface area contributed by atoms with Crippen molar-refractivity contribution in [3.8, 4) is 0 Å². The summed E-state index contributed by atoms with van der Waals surface area (Å²) >= 11 is 3.26. The topological polar surface area (TPSA) is 69.7 Å². The van der Waals surface area contributed by atoms with Crippen molar-refractivity contribution in [1.82, 2.24) is 14.5 Å². The summed E-state index contributed by atoms with van der Waals surface area (Å²) in [6.07, 6.45) is 0. The summed E-state index contributed by atoms with van der Waals surface area (Å²) in [5, 5.41) is 2.54. The molecule has 0 saturated heterocycles. The van der Waals surface area contributed by atoms with Crippen LogP contribution < -0.4 is 5.32 Å². The number of sulfonamides is 1. The Bertz CT molecular complexity index is 666. The lowest BCUT2D eigenvalue weighted by Gasteiger charge is -2.20. The van der Waals surface area contributed by atoms with Crippen molar-refractivity contribution in [2.24, 2.45) is 0 Å². The molecule has 0 aromatic heterocycles. The zero-order valence-corrected chi connectivity index (χ0v) is 16.5. The molecule has 1 aromatic carbocycles. The summed E-state index contributed by atoms with van der Waals surface area (Å²) in [7, 11) is -1.86. The van der Waals surface area contributed by atoms with Crippen molar-refractivity contribution in [3.05, 3.63) is 34.1 Å². The highest BCUT2D eigenvalue weighted by atomic mass is 79.9. The minimum atomic E-state index is -3.38. The minimum absolute atomic E-state index is 0.00295. The lowest BCUT2D eigenvalue weighted by Crippen LogP contribution is -2.41. The van der Waals surface area contributed by atoms with Gasteiger partial charge in [0.2, 0.25) is 10.0 Å². The van der Waals surface area contributed by atoms with Crippen LogP contribution in [0.4, 0.5) is 9.18 Å². The van der Waals surface area contributed by atoms with Gasteiger partial charge in [0.15, 0.2) is 0 Å². The van der Waals surface area contributed by atoms with Crippen LogP contribution in [0.5, 0.6) is 0 Å². The monoisotopic (exact) mass is 423 g/mol. The maximum atomic E-state index is 13.7. The fraction of sp³-hybridized carbons (Fsp3) is 0.533. The number of amides is 2. The molecular formula is C15H23BrFN3O3S. The molecule has 0 bridgehead atoms. The largest absolute Gasteiger partial charge is 0.337 e. The van der Waals surface area contributed by atoms with E-state index in [4.69, 9.17) is 0 Å². The van der Waals surface area contributed by atoms with Crippen molar-refractivity contribution in [2.75, 3.05) is 32.4 Å². The van der Waals surface area contributed by atoms with Crippen LogP contribution in [0.1, 0.15) is 19.4 Å². The molecule has 6 nitrogen and oxygen atoms in total. The smallest absolute Gasteiger partial charge is 0.317 e. The van der Waals surface area contributed by atoms with Crippen molar-refractivity contribution in [1.29, 1.82) is 0 Å². The van der Waals surface area contributed by atoms with Gasteiger partial charge >= 0.3 is 6.03 Å². The van der Waals surface area contributed by atoms with Gasteiger partial charge in [-0.3, -0.25) is 0 Å². The van der Waals surface area contributed by atoms with E-state index in [2.05, 4.69) is 21.2 Å². The van der Waals surface area contributed by atoms with Gasteiger partial charge in [0.1, 0.15) is 5.82 Å². The number of hydrogen-bond donors (Lipinski definition) is 1. The third-order valence-electron chi connectivity index (χ3n) is 3.50. The molecule has 1 N–H and O–H groups in total. The Balaban J connectivity index is 2.55. The molecule has 0 aliphatic heterocycles. The van der Waals surface area contributed by atoms with E-state index in [9.17, 15) is 17.6 Å². The standard InChI is InChI=1S/C15H23BrFN3O3S/c1-4-20(5-2)24(22,23)9-8-18-15(21)19(3)11-12-10-13(16)6-7-14(12)17/h6-7,10H,4-5,8-9,11H2,1-3H3,(H,18,21). The first kappa shape index (κ1) is 20.9. The number of nitrogens with zero attached hydrogens (tertiary/aromatic N) is 2. The first-order valence-electron chi connectivity index (χ1n) is 7.62. The predicted octanol–water partition coefficient (Wildman–Crippen LogP) is 2.40. The molecule has 136 valence electrons. The van der Waals surface area contributed by atoms with Gasteiger partial charge in [0, 0.05) is 43.3 Å². The van der Waals surface area contributed by atoms with Crippen molar-refractivity contribution >= 4 is 32.0 Å². The number of carbonyl (C=O) groups is 1. The molecule has 9 heteroatoms. The molecule has 0 aliphatic rings. The van der Waals surface area contributed by atoms with Gasteiger partial charge in [0.25, 0.3) is 0 Å². The molecule has 2 amide bonds.